The fraction of sp³-hybridized carbons (Fsp3) is 0.250. The molecule has 6 heteroatoms. The maximum absolute atomic E-state index is 4.08. The molecule has 0 bridgehead atoms. The van der Waals surface area contributed by atoms with Gasteiger partial charge in [-0.1, -0.05) is 11.3 Å². The highest BCUT2D eigenvalue weighted by Gasteiger charge is 1.97. The van der Waals surface area contributed by atoms with E-state index >= 15 is 0 Å². The van der Waals surface area contributed by atoms with Gasteiger partial charge < -0.3 is 0 Å². The highest BCUT2D eigenvalue weighted by Crippen LogP contribution is 2.08. The van der Waals surface area contributed by atoms with Crippen molar-refractivity contribution in [3.63, 3.8) is 0 Å². The van der Waals surface area contributed by atoms with E-state index < -0.39 is 0 Å². The molecule has 0 spiro atoms. The summed E-state index contributed by atoms with van der Waals surface area (Å²) >= 11 is 1.54. The molecular weight excluding hydrogens is 172 g/mol. The summed E-state index contributed by atoms with van der Waals surface area (Å²) in [6.07, 6.45) is 1.60. The minimum atomic E-state index is 0. The van der Waals surface area contributed by atoms with Crippen molar-refractivity contribution >= 4 is 28.7 Å². The molecule has 0 fully saturated rings. The molecule has 4 nitrogen and oxygen atoms in total. The van der Waals surface area contributed by atoms with Crippen LogP contribution < -0.4 is 0 Å². The fourth-order valence-corrected chi connectivity index (χ4v) is 1.32. The largest absolute Gasteiger partial charge is 0.234 e. The molecule has 0 aliphatic heterocycles. The molecule has 0 aliphatic carbocycles. The first-order valence-corrected chi connectivity index (χ1v) is 3.31. The van der Waals surface area contributed by atoms with E-state index in [1.54, 1.807) is 10.8 Å². The van der Waals surface area contributed by atoms with Gasteiger partial charge in [0.2, 0.25) is 4.96 Å². The van der Waals surface area contributed by atoms with Crippen molar-refractivity contribution < 1.29 is 0 Å². The predicted molar refractivity (Wildman–Crippen MR) is 40.6 cm³/mol. The van der Waals surface area contributed by atoms with E-state index in [4.69, 9.17) is 0 Å². The lowest BCUT2D eigenvalue weighted by atomic mass is 10.9. The molecule has 0 saturated heterocycles. The molecule has 0 unspecified atom stereocenters. The SMILES string of the molecule is Cc1nn2cnnc2s1.Cl. The van der Waals surface area contributed by atoms with Gasteiger partial charge >= 0.3 is 0 Å². The van der Waals surface area contributed by atoms with Crippen LogP contribution in [0.2, 0.25) is 0 Å². The number of hydrogen-bond donors (Lipinski definition) is 0. The first-order chi connectivity index (χ1) is 4.36. The smallest absolute Gasteiger partial charge is 0.191 e. The van der Waals surface area contributed by atoms with E-state index in [1.807, 2.05) is 6.92 Å². The Labute approximate surface area is 67.3 Å². The zero-order valence-corrected chi connectivity index (χ0v) is 6.82. The quantitative estimate of drug-likeness (QED) is 0.600. The molecule has 0 N–H and O–H groups in total. The lowest BCUT2D eigenvalue weighted by Crippen LogP contribution is -1.78. The average Bonchev–Trinajstić information content (AvgIpc) is 2.22. The minimum absolute atomic E-state index is 0. The van der Waals surface area contributed by atoms with Crippen molar-refractivity contribution in [3.8, 4) is 0 Å². The van der Waals surface area contributed by atoms with Crippen LogP contribution in [-0.2, 0) is 0 Å². The molecule has 0 radical (unpaired) electrons. The maximum atomic E-state index is 4.08. The highest BCUT2D eigenvalue weighted by atomic mass is 35.5. The van der Waals surface area contributed by atoms with Crippen LogP contribution in [0.3, 0.4) is 0 Å². The summed E-state index contributed by atoms with van der Waals surface area (Å²) in [7, 11) is 0. The Hall–Kier alpha value is -0.680. The van der Waals surface area contributed by atoms with E-state index in [9.17, 15) is 0 Å². The molecule has 54 valence electrons. The third-order valence-electron chi connectivity index (χ3n) is 0.988. The Morgan fingerprint density at radius 1 is 1.60 bits per heavy atom. The second kappa shape index (κ2) is 2.51. The Kier molecular flexibility index (Phi) is 1.87. The first-order valence-electron chi connectivity index (χ1n) is 2.50. The molecular formula is C4H5ClN4S. The second-order valence-corrected chi connectivity index (χ2v) is 2.84. The van der Waals surface area contributed by atoms with E-state index in [0.29, 0.717) is 0 Å². The van der Waals surface area contributed by atoms with Gasteiger partial charge in [0.25, 0.3) is 0 Å². The summed E-state index contributed by atoms with van der Waals surface area (Å²) < 4.78 is 1.67. The van der Waals surface area contributed by atoms with Gasteiger partial charge in [-0.3, -0.25) is 0 Å². The van der Waals surface area contributed by atoms with Crippen LogP contribution >= 0.6 is 23.7 Å². The van der Waals surface area contributed by atoms with Crippen molar-refractivity contribution in [2.24, 2.45) is 0 Å². The summed E-state index contributed by atoms with van der Waals surface area (Å²) in [6, 6.07) is 0. The monoisotopic (exact) mass is 176 g/mol. The number of halogens is 1. The van der Waals surface area contributed by atoms with Gasteiger partial charge in [-0.25, -0.2) is 0 Å². The van der Waals surface area contributed by atoms with E-state index in [1.165, 1.54) is 11.3 Å². The van der Waals surface area contributed by atoms with Crippen LogP contribution in [0.1, 0.15) is 5.01 Å². The molecule has 0 amide bonds. The van der Waals surface area contributed by atoms with E-state index in [2.05, 4.69) is 15.3 Å². The standard InChI is InChI=1S/C4H4N4S.ClH/c1-3-7-8-2-5-6-4(8)9-3;/h2H,1H3;1H. The van der Waals surface area contributed by atoms with Gasteiger partial charge in [0, 0.05) is 0 Å². The summed E-state index contributed by atoms with van der Waals surface area (Å²) in [6.45, 7) is 1.94. The van der Waals surface area contributed by atoms with E-state index in [-0.39, 0.29) is 12.4 Å². The van der Waals surface area contributed by atoms with Gasteiger partial charge in [0.1, 0.15) is 11.3 Å². The third-order valence-corrected chi connectivity index (χ3v) is 1.82. The van der Waals surface area contributed by atoms with Crippen molar-refractivity contribution in [3.05, 3.63) is 11.3 Å². The second-order valence-electron chi connectivity index (χ2n) is 1.68. The Bertz CT molecular complexity index is 298. The highest BCUT2D eigenvalue weighted by molar-refractivity contribution is 7.16. The van der Waals surface area contributed by atoms with Crippen LogP contribution in [0.5, 0.6) is 0 Å². The third kappa shape index (κ3) is 0.975. The van der Waals surface area contributed by atoms with Gasteiger partial charge in [-0.15, -0.1) is 22.6 Å². The van der Waals surface area contributed by atoms with Gasteiger partial charge in [0.05, 0.1) is 0 Å². The lowest BCUT2D eigenvalue weighted by molar-refractivity contribution is 0.931. The summed E-state index contributed by atoms with van der Waals surface area (Å²) in [4.78, 5) is 0.854. The molecule has 0 aromatic carbocycles. The predicted octanol–water partition coefficient (Wildman–Crippen LogP) is 0.916. The van der Waals surface area contributed by atoms with Crippen molar-refractivity contribution in [2.45, 2.75) is 6.92 Å². The molecule has 10 heavy (non-hydrogen) atoms. The van der Waals surface area contributed by atoms with E-state index in [0.717, 1.165) is 9.97 Å². The van der Waals surface area contributed by atoms with Crippen molar-refractivity contribution in [1.82, 2.24) is 19.8 Å². The zero-order valence-electron chi connectivity index (χ0n) is 5.18. The summed E-state index contributed by atoms with van der Waals surface area (Å²) in [5, 5.41) is 12.6. The topological polar surface area (TPSA) is 43.1 Å². The molecule has 2 heterocycles. The van der Waals surface area contributed by atoms with Crippen molar-refractivity contribution in [1.29, 1.82) is 0 Å². The average molecular weight is 177 g/mol. The number of fused-ring (bicyclic) bond motifs is 1. The molecule has 2 rings (SSSR count). The van der Waals surface area contributed by atoms with Crippen LogP contribution in [0, 0.1) is 6.92 Å². The lowest BCUT2D eigenvalue weighted by Gasteiger charge is -1.70. The Balaban J connectivity index is 0.000000500. The Morgan fingerprint density at radius 3 is 3.10 bits per heavy atom. The van der Waals surface area contributed by atoms with Crippen LogP contribution in [0.4, 0.5) is 0 Å². The number of aromatic nitrogens is 4. The summed E-state index contributed by atoms with van der Waals surface area (Å²) in [5.74, 6) is 0. The molecule has 0 atom stereocenters. The molecule has 0 saturated carbocycles. The number of aryl methyl sites for hydroxylation is 1. The van der Waals surface area contributed by atoms with Crippen LogP contribution in [0.25, 0.3) is 4.96 Å². The van der Waals surface area contributed by atoms with Crippen molar-refractivity contribution in [2.75, 3.05) is 0 Å². The minimum Gasteiger partial charge on any atom is -0.191 e. The number of nitrogens with zero attached hydrogens (tertiary/aromatic N) is 4. The van der Waals surface area contributed by atoms with Crippen LogP contribution in [0.15, 0.2) is 6.33 Å². The van der Waals surface area contributed by atoms with Gasteiger partial charge in [-0.05, 0) is 6.92 Å². The number of hydrogen-bond acceptors (Lipinski definition) is 4. The molecule has 2 aromatic rings. The zero-order chi connectivity index (χ0) is 6.27. The summed E-state index contributed by atoms with van der Waals surface area (Å²) in [5.41, 5.74) is 0. The first kappa shape index (κ1) is 7.43. The van der Waals surface area contributed by atoms with Gasteiger partial charge in [-0.2, -0.15) is 9.61 Å². The molecule has 0 aliphatic rings. The Morgan fingerprint density at radius 2 is 2.40 bits per heavy atom. The fourth-order valence-electron chi connectivity index (χ4n) is 0.659. The normalized spacial score (nSPS) is 9.70. The maximum Gasteiger partial charge on any atom is 0.234 e. The molecule has 2 aromatic heterocycles. The van der Waals surface area contributed by atoms with Crippen LogP contribution in [-0.4, -0.2) is 19.8 Å². The number of rotatable bonds is 0. The van der Waals surface area contributed by atoms with Gasteiger partial charge in [0.15, 0.2) is 0 Å².